The van der Waals surface area contributed by atoms with Crippen LogP contribution in [0, 0.1) is 6.92 Å². The third-order valence-electron chi connectivity index (χ3n) is 2.66. The normalized spacial score (nSPS) is 10.4. The Morgan fingerprint density at radius 3 is 2.69 bits per heavy atom. The minimum Gasteiger partial charge on any atom is -0.426 e. The van der Waals surface area contributed by atoms with Gasteiger partial charge in [-0.25, -0.2) is 0 Å². The van der Waals surface area contributed by atoms with Gasteiger partial charge in [-0.05, 0) is 29.3 Å². The maximum absolute atomic E-state index is 11.2. The number of esters is 1. The van der Waals surface area contributed by atoms with Gasteiger partial charge in [-0.1, -0.05) is 37.3 Å². The smallest absolute Gasteiger partial charge is 0.310 e. The van der Waals surface area contributed by atoms with Crippen molar-refractivity contribution >= 4 is 16.7 Å². The minimum atomic E-state index is -0.196. The summed E-state index contributed by atoms with van der Waals surface area (Å²) >= 11 is 0. The van der Waals surface area contributed by atoms with Gasteiger partial charge < -0.3 is 4.74 Å². The lowest BCUT2D eigenvalue weighted by atomic mass is 10.0. The van der Waals surface area contributed by atoms with Gasteiger partial charge in [-0.3, -0.25) is 4.79 Å². The van der Waals surface area contributed by atoms with Crippen molar-refractivity contribution in [2.75, 3.05) is 0 Å². The summed E-state index contributed by atoms with van der Waals surface area (Å²) in [5, 5.41) is 2.29. The molecule has 0 heterocycles. The summed E-state index contributed by atoms with van der Waals surface area (Å²) in [4.78, 5) is 11.2. The van der Waals surface area contributed by atoms with Gasteiger partial charge in [-0.2, -0.15) is 0 Å². The monoisotopic (exact) mass is 214 g/mol. The highest BCUT2D eigenvalue weighted by Crippen LogP contribution is 2.27. The van der Waals surface area contributed by atoms with Gasteiger partial charge in [0.1, 0.15) is 5.75 Å². The molecule has 0 fully saturated rings. The van der Waals surface area contributed by atoms with Gasteiger partial charge in [0.2, 0.25) is 0 Å². The number of rotatable bonds is 2. The highest BCUT2D eigenvalue weighted by Gasteiger charge is 2.07. The second kappa shape index (κ2) is 4.35. The van der Waals surface area contributed by atoms with Crippen LogP contribution in [0.25, 0.3) is 10.8 Å². The topological polar surface area (TPSA) is 26.3 Å². The van der Waals surface area contributed by atoms with E-state index in [-0.39, 0.29) is 5.97 Å². The third kappa shape index (κ3) is 1.91. The SMILES string of the molecule is CCC(=O)Oc1ccc2ccccc2c1C. The Kier molecular flexibility index (Phi) is 2.91. The molecule has 0 amide bonds. The van der Waals surface area contributed by atoms with Crippen LogP contribution in [0.1, 0.15) is 18.9 Å². The molecule has 16 heavy (non-hydrogen) atoms. The molecule has 0 saturated heterocycles. The van der Waals surface area contributed by atoms with E-state index in [0.717, 1.165) is 16.3 Å². The largest absolute Gasteiger partial charge is 0.426 e. The van der Waals surface area contributed by atoms with Crippen molar-refractivity contribution in [3.05, 3.63) is 42.0 Å². The lowest BCUT2D eigenvalue weighted by Crippen LogP contribution is -2.06. The Hall–Kier alpha value is -1.83. The number of hydrogen-bond donors (Lipinski definition) is 0. The zero-order chi connectivity index (χ0) is 11.5. The van der Waals surface area contributed by atoms with E-state index >= 15 is 0 Å². The summed E-state index contributed by atoms with van der Waals surface area (Å²) in [5.74, 6) is 0.462. The summed E-state index contributed by atoms with van der Waals surface area (Å²) in [6.07, 6.45) is 0.395. The molecule has 0 aliphatic heterocycles. The molecule has 0 atom stereocenters. The first-order chi connectivity index (χ1) is 7.72. The summed E-state index contributed by atoms with van der Waals surface area (Å²) < 4.78 is 5.26. The number of carbonyl (C=O) groups excluding carboxylic acids is 1. The first-order valence-electron chi connectivity index (χ1n) is 5.41. The van der Waals surface area contributed by atoms with Gasteiger partial charge in [0, 0.05) is 6.42 Å². The average Bonchev–Trinajstić information content (AvgIpc) is 2.33. The van der Waals surface area contributed by atoms with Crippen molar-refractivity contribution in [1.82, 2.24) is 0 Å². The molecule has 0 spiro atoms. The molecule has 2 heteroatoms. The molecule has 0 aliphatic carbocycles. The van der Waals surface area contributed by atoms with Crippen LogP contribution >= 0.6 is 0 Å². The quantitative estimate of drug-likeness (QED) is 0.565. The first-order valence-corrected chi connectivity index (χ1v) is 5.41. The van der Waals surface area contributed by atoms with Gasteiger partial charge in [-0.15, -0.1) is 0 Å². The van der Waals surface area contributed by atoms with E-state index in [9.17, 15) is 4.79 Å². The van der Waals surface area contributed by atoms with Crippen molar-refractivity contribution in [3.8, 4) is 5.75 Å². The van der Waals surface area contributed by atoms with E-state index in [4.69, 9.17) is 4.74 Å². The Bertz CT molecular complexity index is 529. The fraction of sp³-hybridized carbons (Fsp3) is 0.214. The van der Waals surface area contributed by atoms with Crippen molar-refractivity contribution in [3.63, 3.8) is 0 Å². The predicted molar refractivity (Wildman–Crippen MR) is 64.6 cm³/mol. The van der Waals surface area contributed by atoms with Gasteiger partial charge >= 0.3 is 5.97 Å². The number of aryl methyl sites for hydroxylation is 1. The number of benzene rings is 2. The van der Waals surface area contributed by atoms with E-state index in [2.05, 4.69) is 0 Å². The maximum atomic E-state index is 11.2. The van der Waals surface area contributed by atoms with Crippen LogP contribution in [0.5, 0.6) is 5.75 Å². The Morgan fingerprint density at radius 1 is 1.19 bits per heavy atom. The zero-order valence-corrected chi connectivity index (χ0v) is 9.49. The highest BCUT2D eigenvalue weighted by atomic mass is 16.5. The molecular formula is C14H14O2. The number of fused-ring (bicyclic) bond motifs is 1. The fourth-order valence-electron chi connectivity index (χ4n) is 1.71. The van der Waals surface area contributed by atoms with Crippen LogP contribution in [-0.2, 0) is 4.79 Å². The molecule has 0 aliphatic rings. The number of hydrogen-bond acceptors (Lipinski definition) is 2. The van der Waals surface area contributed by atoms with Crippen LogP contribution < -0.4 is 4.74 Å². The Balaban J connectivity index is 2.48. The molecular weight excluding hydrogens is 200 g/mol. The summed E-state index contributed by atoms with van der Waals surface area (Å²) in [6.45, 7) is 3.76. The van der Waals surface area contributed by atoms with Crippen molar-refractivity contribution in [2.45, 2.75) is 20.3 Å². The van der Waals surface area contributed by atoms with E-state index in [1.165, 1.54) is 0 Å². The van der Waals surface area contributed by atoms with E-state index in [0.29, 0.717) is 12.2 Å². The fourth-order valence-corrected chi connectivity index (χ4v) is 1.71. The molecule has 0 N–H and O–H groups in total. The molecule has 0 aromatic heterocycles. The standard InChI is InChI=1S/C14H14O2/c1-3-14(15)16-13-9-8-11-6-4-5-7-12(11)10(13)2/h4-9H,3H2,1-2H3. The lowest BCUT2D eigenvalue weighted by Gasteiger charge is -2.09. The van der Waals surface area contributed by atoms with Gasteiger partial charge in [0.05, 0.1) is 0 Å². The Labute approximate surface area is 94.8 Å². The first kappa shape index (κ1) is 10.7. The molecule has 0 radical (unpaired) electrons. The number of carbonyl (C=O) groups is 1. The van der Waals surface area contributed by atoms with Crippen molar-refractivity contribution in [2.24, 2.45) is 0 Å². The van der Waals surface area contributed by atoms with Crippen LogP contribution in [-0.4, -0.2) is 5.97 Å². The van der Waals surface area contributed by atoms with Crippen LogP contribution in [0.3, 0.4) is 0 Å². The minimum absolute atomic E-state index is 0.196. The van der Waals surface area contributed by atoms with Gasteiger partial charge in [0.15, 0.2) is 0 Å². The van der Waals surface area contributed by atoms with Crippen molar-refractivity contribution < 1.29 is 9.53 Å². The molecule has 2 aromatic rings. The van der Waals surface area contributed by atoms with Crippen LogP contribution in [0.2, 0.25) is 0 Å². The second-order valence-electron chi connectivity index (χ2n) is 3.74. The predicted octanol–water partition coefficient (Wildman–Crippen LogP) is 3.46. The van der Waals surface area contributed by atoms with E-state index < -0.39 is 0 Å². The second-order valence-corrected chi connectivity index (χ2v) is 3.74. The van der Waals surface area contributed by atoms with Crippen LogP contribution in [0.4, 0.5) is 0 Å². The molecule has 2 nitrogen and oxygen atoms in total. The molecule has 82 valence electrons. The van der Waals surface area contributed by atoms with E-state index in [1.807, 2.05) is 43.3 Å². The maximum Gasteiger partial charge on any atom is 0.310 e. The molecule has 2 rings (SSSR count). The molecule has 0 unspecified atom stereocenters. The molecule has 0 saturated carbocycles. The van der Waals surface area contributed by atoms with Crippen LogP contribution in [0.15, 0.2) is 36.4 Å². The molecule has 2 aromatic carbocycles. The lowest BCUT2D eigenvalue weighted by molar-refractivity contribution is -0.134. The molecule has 0 bridgehead atoms. The average molecular weight is 214 g/mol. The number of ether oxygens (including phenoxy) is 1. The summed E-state index contributed by atoms with van der Waals surface area (Å²) in [5.41, 5.74) is 1.01. The van der Waals surface area contributed by atoms with Gasteiger partial charge in [0.25, 0.3) is 0 Å². The highest BCUT2D eigenvalue weighted by molar-refractivity contribution is 5.88. The summed E-state index contributed by atoms with van der Waals surface area (Å²) in [7, 11) is 0. The summed E-state index contributed by atoms with van der Waals surface area (Å²) in [6, 6.07) is 11.9. The zero-order valence-electron chi connectivity index (χ0n) is 9.49. The third-order valence-corrected chi connectivity index (χ3v) is 2.66. The van der Waals surface area contributed by atoms with Crippen molar-refractivity contribution in [1.29, 1.82) is 0 Å². The van der Waals surface area contributed by atoms with E-state index in [1.54, 1.807) is 6.92 Å². The Morgan fingerprint density at radius 2 is 1.94 bits per heavy atom.